The summed E-state index contributed by atoms with van der Waals surface area (Å²) in [7, 11) is 0. The second kappa shape index (κ2) is 9.39. The van der Waals surface area contributed by atoms with E-state index in [4.69, 9.17) is 0 Å². The number of aromatic nitrogens is 4. The zero-order valence-electron chi connectivity index (χ0n) is 18.4. The van der Waals surface area contributed by atoms with Crippen LogP contribution in [0.25, 0.3) is 5.95 Å². The van der Waals surface area contributed by atoms with Crippen LogP contribution in [0.4, 0.5) is 5.82 Å². The number of carbonyl (C=O) groups is 1. The molecule has 31 heavy (non-hydrogen) atoms. The first kappa shape index (κ1) is 21.2. The van der Waals surface area contributed by atoms with E-state index in [1.54, 1.807) is 4.68 Å². The molecule has 2 aromatic heterocycles. The van der Waals surface area contributed by atoms with E-state index in [1.165, 1.54) is 18.4 Å². The Labute approximate surface area is 183 Å². The van der Waals surface area contributed by atoms with Crippen LogP contribution in [0, 0.1) is 26.7 Å². The van der Waals surface area contributed by atoms with Crippen LogP contribution in [-0.4, -0.2) is 38.2 Å². The highest BCUT2D eigenvalue weighted by Crippen LogP contribution is 2.28. The van der Waals surface area contributed by atoms with Gasteiger partial charge in [-0.05, 0) is 57.6 Å². The third kappa shape index (κ3) is 5.35. The summed E-state index contributed by atoms with van der Waals surface area (Å²) in [5.41, 5.74) is 3.88. The molecular weight excluding hydrogens is 388 g/mol. The SMILES string of the molecule is Cc1cc(C)nc(-n2nc(C)cc2NC(=O)CN[C@@H]2CCC[C@H]2Cc2ccccc2)n1. The molecule has 0 bridgehead atoms. The Kier molecular flexibility index (Phi) is 6.42. The third-order valence-corrected chi connectivity index (χ3v) is 5.78. The van der Waals surface area contributed by atoms with Crippen molar-refractivity contribution < 1.29 is 4.79 Å². The first-order chi connectivity index (χ1) is 15.0. The van der Waals surface area contributed by atoms with Gasteiger partial charge in [0.15, 0.2) is 0 Å². The Morgan fingerprint density at radius 2 is 1.77 bits per heavy atom. The van der Waals surface area contributed by atoms with Gasteiger partial charge in [0, 0.05) is 23.5 Å². The van der Waals surface area contributed by atoms with Crippen molar-refractivity contribution in [3.8, 4) is 5.95 Å². The maximum absolute atomic E-state index is 12.7. The molecule has 0 radical (unpaired) electrons. The van der Waals surface area contributed by atoms with E-state index in [-0.39, 0.29) is 12.5 Å². The lowest BCUT2D eigenvalue weighted by molar-refractivity contribution is -0.115. The average molecular weight is 419 g/mol. The number of nitrogens with one attached hydrogen (secondary N) is 2. The highest BCUT2D eigenvalue weighted by molar-refractivity contribution is 5.91. The zero-order valence-corrected chi connectivity index (χ0v) is 18.4. The molecule has 162 valence electrons. The maximum Gasteiger partial charge on any atom is 0.252 e. The van der Waals surface area contributed by atoms with Crippen molar-refractivity contribution in [1.82, 2.24) is 25.1 Å². The molecule has 1 amide bonds. The van der Waals surface area contributed by atoms with Crippen molar-refractivity contribution in [1.29, 1.82) is 0 Å². The van der Waals surface area contributed by atoms with Crippen LogP contribution in [0.3, 0.4) is 0 Å². The van der Waals surface area contributed by atoms with E-state index in [1.807, 2.05) is 39.0 Å². The summed E-state index contributed by atoms with van der Waals surface area (Å²) in [4.78, 5) is 21.6. The molecule has 2 atom stereocenters. The number of benzene rings is 1. The summed E-state index contributed by atoms with van der Waals surface area (Å²) < 4.78 is 1.60. The van der Waals surface area contributed by atoms with Crippen molar-refractivity contribution in [3.05, 3.63) is 65.1 Å². The molecule has 1 aliphatic rings. The van der Waals surface area contributed by atoms with Crippen LogP contribution < -0.4 is 10.6 Å². The first-order valence-corrected chi connectivity index (χ1v) is 10.9. The summed E-state index contributed by atoms with van der Waals surface area (Å²) >= 11 is 0. The van der Waals surface area contributed by atoms with Crippen molar-refractivity contribution in [2.24, 2.45) is 5.92 Å². The number of carbonyl (C=O) groups excluding carboxylic acids is 1. The first-order valence-electron chi connectivity index (χ1n) is 10.9. The van der Waals surface area contributed by atoms with Crippen molar-refractivity contribution in [2.45, 2.75) is 52.5 Å². The molecule has 4 rings (SSSR count). The number of anilines is 1. The highest BCUT2D eigenvalue weighted by Gasteiger charge is 2.27. The minimum atomic E-state index is -0.0871. The highest BCUT2D eigenvalue weighted by atomic mass is 16.2. The lowest BCUT2D eigenvalue weighted by Gasteiger charge is -2.21. The van der Waals surface area contributed by atoms with Gasteiger partial charge in [-0.25, -0.2) is 9.97 Å². The Morgan fingerprint density at radius 1 is 1.03 bits per heavy atom. The molecule has 0 unspecified atom stereocenters. The van der Waals surface area contributed by atoms with Gasteiger partial charge in [-0.1, -0.05) is 36.8 Å². The number of rotatable bonds is 7. The standard InChI is InChI=1S/C24H30N6O/c1-16-12-17(2)27-24(26-16)30-22(13-18(3)29-30)28-23(31)15-25-21-11-7-10-20(21)14-19-8-5-4-6-9-19/h4-6,8-9,12-13,20-21,25H,7,10-11,14-15H2,1-3H3,(H,28,31)/t20-,21+/m0/s1. The monoisotopic (exact) mass is 418 g/mol. The molecule has 7 nitrogen and oxygen atoms in total. The Bertz CT molecular complexity index is 1030. The van der Waals surface area contributed by atoms with E-state index < -0.39 is 0 Å². The number of nitrogens with zero attached hydrogens (tertiary/aromatic N) is 4. The number of aryl methyl sites for hydroxylation is 3. The van der Waals surface area contributed by atoms with Gasteiger partial charge in [0.25, 0.3) is 5.95 Å². The van der Waals surface area contributed by atoms with E-state index in [0.717, 1.165) is 29.9 Å². The average Bonchev–Trinajstić information content (AvgIpc) is 3.32. The van der Waals surface area contributed by atoms with Crippen LogP contribution in [0.1, 0.15) is 41.9 Å². The third-order valence-electron chi connectivity index (χ3n) is 5.78. The molecule has 0 saturated heterocycles. The smallest absolute Gasteiger partial charge is 0.252 e. The molecule has 1 fully saturated rings. The minimum Gasteiger partial charge on any atom is -0.309 e. The fourth-order valence-corrected chi connectivity index (χ4v) is 4.42. The van der Waals surface area contributed by atoms with Gasteiger partial charge in [-0.2, -0.15) is 9.78 Å². The second-order valence-corrected chi connectivity index (χ2v) is 8.45. The number of hydrogen-bond acceptors (Lipinski definition) is 5. The predicted molar refractivity (Wildman–Crippen MR) is 121 cm³/mol. The molecular formula is C24H30N6O. The molecule has 1 aliphatic carbocycles. The Hall–Kier alpha value is -3.06. The summed E-state index contributed by atoms with van der Waals surface area (Å²) in [6.07, 6.45) is 4.56. The predicted octanol–water partition coefficient (Wildman–Crippen LogP) is 3.53. The van der Waals surface area contributed by atoms with Gasteiger partial charge in [0.2, 0.25) is 5.91 Å². The molecule has 3 aromatic rings. The molecule has 0 spiro atoms. The van der Waals surface area contributed by atoms with Gasteiger partial charge < -0.3 is 10.6 Å². The van der Waals surface area contributed by atoms with Gasteiger partial charge in [0.05, 0.1) is 12.2 Å². The minimum absolute atomic E-state index is 0.0871. The molecule has 1 saturated carbocycles. The van der Waals surface area contributed by atoms with Crippen LogP contribution in [-0.2, 0) is 11.2 Å². The number of hydrogen-bond donors (Lipinski definition) is 2. The fourth-order valence-electron chi connectivity index (χ4n) is 4.42. The maximum atomic E-state index is 12.7. The zero-order chi connectivity index (χ0) is 21.8. The normalized spacial score (nSPS) is 18.3. The van der Waals surface area contributed by atoms with E-state index >= 15 is 0 Å². The van der Waals surface area contributed by atoms with Gasteiger partial charge in [-0.3, -0.25) is 4.79 Å². The van der Waals surface area contributed by atoms with E-state index in [9.17, 15) is 4.79 Å². The fraction of sp³-hybridized carbons (Fsp3) is 0.417. The van der Waals surface area contributed by atoms with Crippen molar-refractivity contribution in [2.75, 3.05) is 11.9 Å². The molecule has 7 heteroatoms. The van der Waals surface area contributed by atoms with E-state index in [2.05, 4.69) is 50.0 Å². The Morgan fingerprint density at radius 3 is 2.52 bits per heavy atom. The molecule has 2 heterocycles. The summed E-state index contributed by atoms with van der Waals surface area (Å²) in [6, 6.07) is 14.7. The second-order valence-electron chi connectivity index (χ2n) is 8.45. The molecule has 2 N–H and O–H groups in total. The van der Waals surface area contributed by atoms with Crippen LogP contribution in [0.15, 0.2) is 42.5 Å². The van der Waals surface area contributed by atoms with Crippen LogP contribution in [0.2, 0.25) is 0 Å². The Balaban J connectivity index is 1.38. The van der Waals surface area contributed by atoms with Gasteiger partial charge in [-0.15, -0.1) is 0 Å². The van der Waals surface area contributed by atoms with Crippen LogP contribution >= 0.6 is 0 Å². The van der Waals surface area contributed by atoms with Crippen LogP contribution in [0.5, 0.6) is 0 Å². The summed E-state index contributed by atoms with van der Waals surface area (Å²) in [5.74, 6) is 1.52. The summed E-state index contributed by atoms with van der Waals surface area (Å²) in [5, 5.41) is 10.9. The number of amides is 1. The topological polar surface area (TPSA) is 84.7 Å². The molecule has 0 aliphatic heterocycles. The quantitative estimate of drug-likeness (QED) is 0.613. The largest absolute Gasteiger partial charge is 0.309 e. The van der Waals surface area contributed by atoms with Crippen molar-refractivity contribution >= 4 is 11.7 Å². The lowest BCUT2D eigenvalue weighted by atomic mass is 9.94. The van der Waals surface area contributed by atoms with E-state index in [0.29, 0.717) is 23.7 Å². The van der Waals surface area contributed by atoms with Gasteiger partial charge >= 0.3 is 0 Å². The summed E-state index contributed by atoms with van der Waals surface area (Å²) in [6.45, 7) is 6.00. The lowest BCUT2D eigenvalue weighted by Crippen LogP contribution is -2.39. The van der Waals surface area contributed by atoms with Crippen molar-refractivity contribution in [3.63, 3.8) is 0 Å². The van der Waals surface area contributed by atoms with Gasteiger partial charge in [0.1, 0.15) is 5.82 Å². The molecule has 1 aromatic carbocycles.